The number of para-hydroxylation sites is 1. The SMILES string of the molecule is COc1cn(-c2ccccc2)nc1C(=O)O[C@@H](C)C(=O)N[C@H](C)c1ccccc1. The van der Waals surface area contributed by atoms with Crippen LogP contribution >= 0.6 is 0 Å². The molecular weight excluding hydrogens is 370 g/mol. The van der Waals surface area contributed by atoms with Gasteiger partial charge in [-0.25, -0.2) is 9.48 Å². The topological polar surface area (TPSA) is 82.5 Å². The summed E-state index contributed by atoms with van der Waals surface area (Å²) in [7, 11) is 1.45. The van der Waals surface area contributed by atoms with Crippen LogP contribution in [-0.4, -0.2) is 34.9 Å². The van der Waals surface area contributed by atoms with E-state index in [-0.39, 0.29) is 17.5 Å². The largest absolute Gasteiger partial charge is 0.493 e. The van der Waals surface area contributed by atoms with Crippen LogP contribution in [0.2, 0.25) is 0 Å². The van der Waals surface area contributed by atoms with Gasteiger partial charge in [0.2, 0.25) is 5.69 Å². The molecule has 150 valence electrons. The summed E-state index contributed by atoms with van der Waals surface area (Å²) >= 11 is 0. The van der Waals surface area contributed by atoms with Crippen LogP contribution in [0, 0.1) is 0 Å². The van der Waals surface area contributed by atoms with E-state index in [4.69, 9.17) is 9.47 Å². The minimum atomic E-state index is -0.986. The fraction of sp³-hybridized carbons (Fsp3) is 0.227. The van der Waals surface area contributed by atoms with Gasteiger partial charge in [-0.1, -0.05) is 48.5 Å². The Morgan fingerprint density at radius 3 is 2.24 bits per heavy atom. The van der Waals surface area contributed by atoms with Crippen molar-refractivity contribution in [3.63, 3.8) is 0 Å². The number of ether oxygens (including phenoxy) is 2. The molecule has 3 rings (SSSR count). The first kappa shape index (κ1) is 20.1. The van der Waals surface area contributed by atoms with Gasteiger partial charge in [0, 0.05) is 0 Å². The van der Waals surface area contributed by atoms with E-state index in [0.717, 1.165) is 11.3 Å². The Labute approximate surface area is 169 Å². The summed E-state index contributed by atoms with van der Waals surface area (Å²) in [6.45, 7) is 3.39. The highest BCUT2D eigenvalue weighted by Crippen LogP contribution is 2.21. The third kappa shape index (κ3) is 4.82. The van der Waals surface area contributed by atoms with Crippen molar-refractivity contribution in [2.75, 3.05) is 7.11 Å². The number of nitrogens with one attached hydrogen (secondary N) is 1. The molecule has 0 saturated carbocycles. The van der Waals surface area contributed by atoms with Crippen molar-refractivity contribution < 1.29 is 19.1 Å². The zero-order chi connectivity index (χ0) is 20.8. The number of esters is 1. The van der Waals surface area contributed by atoms with Gasteiger partial charge in [-0.2, -0.15) is 5.10 Å². The normalized spacial score (nSPS) is 12.7. The molecule has 0 unspecified atom stereocenters. The number of hydrogen-bond acceptors (Lipinski definition) is 5. The van der Waals surface area contributed by atoms with Crippen molar-refractivity contribution in [2.45, 2.75) is 26.0 Å². The molecule has 29 heavy (non-hydrogen) atoms. The Morgan fingerprint density at radius 1 is 1.00 bits per heavy atom. The molecule has 1 aromatic heterocycles. The van der Waals surface area contributed by atoms with Crippen LogP contribution in [0.4, 0.5) is 0 Å². The van der Waals surface area contributed by atoms with Crippen LogP contribution in [0.1, 0.15) is 35.9 Å². The number of nitrogens with zero attached hydrogens (tertiary/aromatic N) is 2. The minimum Gasteiger partial charge on any atom is -0.493 e. The summed E-state index contributed by atoms with van der Waals surface area (Å²) in [5.74, 6) is -0.855. The molecule has 1 heterocycles. The van der Waals surface area contributed by atoms with E-state index in [2.05, 4.69) is 10.4 Å². The van der Waals surface area contributed by atoms with Gasteiger partial charge < -0.3 is 14.8 Å². The van der Waals surface area contributed by atoms with E-state index in [0.29, 0.717) is 0 Å². The molecule has 7 nitrogen and oxygen atoms in total. The summed E-state index contributed by atoms with van der Waals surface area (Å²) in [6.07, 6.45) is 0.606. The molecule has 0 aliphatic carbocycles. The number of benzene rings is 2. The van der Waals surface area contributed by atoms with Crippen molar-refractivity contribution in [2.24, 2.45) is 0 Å². The van der Waals surface area contributed by atoms with E-state index < -0.39 is 18.0 Å². The van der Waals surface area contributed by atoms with Gasteiger partial charge >= 0.3 is 5.97 Å². The van der Waals surface area contributed by atoms with Crippen molar-refractivity contribution >= 4 is 11.9 Å². The third-order valence-electron chi connectivity index (χ3n) is 4.43. The Hall–Kier alpha value is -3.61. The molecule has 0 spiro atoms. The fourth-order valence-electron chi connectivity index (χ4n) is 2.79. The molecule has 7 heteroatoms. The molecule has 0 aliphatic rings. The number of methoxy groups -OCH3 is 1. The molecule has 0 bridgehead atoms. The standard InChI is InChI=1S/C22H23N3O4/c1-15(17-10-6-4-7-11-17)23-21(26)16(2)29-22(27)20-19(28-3)14-25(24-20)18-12-8-5-9-13-18/h4-16H,1-3H3,(H,23,26)/t15-,16+/m1/s1. The molecule has 0 saturated heterocycles. The van der Waals surface area contributed by atoms with Crippen LogP contribution < -0.4 is 10.1 Å². The highest BCUT2D eigenvalue weighted by molar-refractivity contribution is 5.93. The summed E-state index contributed by atoms with van der Waals surface area (Å²) in [6, 6.07) is 18.6. The number of aromatic nitrogens is 2. The number of carbonyl (C=O) groups is 2. The first-order chi connectivity index (χ1) is 14.0. The monoisotopic (exact) mass is 393 g/mol. The van der Waals surface area contributed by atoms with E-state index >= 15 is 0 Å². The highest BCUT2D eigenvalue weighted by atomic mass is 16.6. The second-order valence-electron chi connectivity index (χ2n) is 6.51. The van der Waals surface area contributed by atoms with Gasteiger partial charge in [0.1, 0.15) is 0 Å². The highest BCUT2D eigenvalue weighted by Gasteiger charge is 2.25. The van der Waals surface area contributed by atoms with Gasteiger partial charge in [0.25, 0.3) is 5.91 Å². The maximum Gasteiger partial charge on any atom is 0.363 e. The second kappa shape index (κ2) is 9.05. The summed E-state index contributed by atoms with van der Waals surface area (Å²) in [5, 5.41) is 7.10. The molecule has 2 atom stereocenters. The smallest absolute Gasteiger partial charge is 0.363 e. The molecular formula is C22H23N3O4. The van der Waals surface area contributed by atoms with Crippen LogP contribution in [0.3, 0.4) is 0 Å². The number of amides is 1. The lowest BCUT2D eigenvalue weighted by molar-refractivity contribution is -0.129. The van der Waals surface area contributed by atoms with Crippen LogP contribution in [0.5, 0.6) is 5.75 Å². The summed E-state index contributed by atoms with van der Waals surface area (Å²) in [5.41, 5.74) is 1.74. The molecule has 3 aromatic rings. The minimum absolute atomic E-state index is 0.00658. The lowest BCUT2D eigenvalue weighted by atomic mass is 10.1. The zero-order valence-electron chi connectivity index (χ0n) is 16.5. The van der Waals surface area contributed by atoms with Crippen LogP contribution in [0.15, 0.2) is 66.9 Å². The van der Waals surface area contributed by atoms with E-state index in [1.54, 1.807) is 6.20 Å². The Kier molecular flexibility index (Phi) is 6.29. The van der Waals surface area contributed by atoms with Crippen LogP contribution in [-0.2, 0) is 9.53 Å². The third-order valence-corrected chi connectivity index (χ3v) is 4.43. The number of rotatable bonds is 7. The van der Waals surface area contributed by atoms with E-state index in [1.165, 1.54) is 18.7 Å². The van der Waals surface area contributed by atoms with Crippen molar-refractivity contribution in [1.29, 1.82) is 0 Å². The van der Waals surface area contributed by atoms with Gasteiger partial charge in [0.15, 0.2) is 11.9 Å². The number of hydrogen-bond donors (Lipinski definition) is 1. The molecule has 0 radical (unpaired) electrons. The predicted molar refractivity (Wildman–Crippen MR) is 108 cm³/mol. The molecule has 0 aliphatic heterocycles. The lowest BCUT2D eigenvalue weighted by Gasteiger charge is -2.18. The Bertz CT molecular complexity index is 970. The average Bonchev–Trinajstić information content (AvgIpc) is 3.19. The molecule has 1 N–H and O–H groups in total. The molecule has 1 amide bonds. The summed E-state index contributed by atoms with van der Waals surface area (Å²) < 4.78 is 12.1. The second-order valence-corrected chi connectivity index (χ2v) is 6.51. The van der Waals surface area contributed by atoms with Crippen molar-refractivity contribution in [3.05, 3.63) is 78.1 Å². The van der Waals surface area contributed by atoms with Crippen molar-refractivity contribution in [1.82, 2.24) is 15.1 Å². The first-order valence-corrected chi connectivity index (χ1v) is 9.25. The van der Waals surface area contributed by atoms with E-state index in [1.807, 2.05) is 67.6 Å². The summed E-state index contributed by atoms with van der Waals surface area (Å²) in [4.78, 5) is 25.0. The maximum absolute atomic E-state index is 12.6. The average molecular weight is 393 g/mol. The first-order valence-electron chi connectivity index (χ1n) is 9.25. The fourth-order valence-corrected chi connectivity index (χ4v) is 2.79. The van der Waals surface area contributed by atoms with Gasteiger partial charge in [-0.05, 0) is 31.5 Å². The van der Waals surface area contributed by atoms with Gasteiger partial charge in [-0.15, -0.1) is 0 Å². The predicted octanol–water partition coefficient (Wildman–Crippen LogP) is 3.30. The molecule has 0 fully saturated rings. The maximum atomic E-state index is 12.6. The molecule has 2 aromatic carbocycles. The number of carbonyl (C=O) groups excluding carboxylic acids is 2. The Morgan fingerprint density at radius 2 is 1.62 bits per heavy atom. The quantitative estimate of drug-likeness (QED) is 0.623. The Balaban J connectivity index is 1.67. The van der Waals surface area contributed by atoms with Crippen molar-refractivity contribution in [3.8, 4) is 11.4 Å². The zero-order valence-corrected chi connectivity index (χ0v) is 16.5. The van der Waals surface area contributed by atoms with Crippen LogP contribution in [0.25, 0.3) is 5.69 Å². The lowest BCUT2D eigenvalue weighted by Crippen LogP contribution is -2.37. The van der Waals surface area contributed by atoms with Gasteiger partial charge in [0.05, 0.1) is 25.0 Å². The van der Waals surface area contributed by atoms with Gasteiger partial charge in [-0.3, -0.25) is 4.79 Å². The van der Waals surface area contributed by atoms with E-state index in [9.17, 15) is 9.59 Å².